The van der Waals surface area contributed by atoms with E-state index in [-0.39, 0.29) is 24.4 Å². The molecule has 0 aliphatic carbocycles. The monoisotopic (exact) mass is 390 g/mol. The highest BCUT2D eigenvalue weighted by Gasteiger charge is 2.23. The van der Waals surface area contributed by atoms with Crippen LogP contribution >= 0.6 is 0 Å². The molecule has 4 atom stereocenters. The van der Waals surface area contributed by atoms with Crippen molar-refractivity contribution in [2.24, 2.45) is 0 Å². The summed E-state index contributed by atoms with van der Waals surface area (Å²) in [5.41, 5.74) is 3.94. The first-order chi connectivity index (χ1) is 14.1. The van der Waals surface area contributed by atoms with Gasteiger partial charge in [-0.05, 0) is 22.3 Å². The largest absolute Gasteiger partial charge is 0.373 e. The summed E-state index contributed by atoms with van der Waals surface area (Å²) in [4.78, 5) is 0. The van der Waals surface area contributed by atoms with Crippen LogP contribution in [0, 0.1) is 0 Å². The average Bonchev–Trinajstić information content (AvgIpc) is 2.77. The Labute approximate surface area is 174 Å². The van der Waals surface area contributed by atoms with Gasteiger partial charge >= 0.3 is 0 Å². The fourth-order valence-corrected chi connectivity index (χ4v) is 3.43. The van der Waals surface area contributed by atoms with Gasteiger partial charge in [0.05, 0.1) is 0 Å². The van der Waals surface area contributed by atoms with Gasteiger partial charge in [-0.15, -0.1) is 26.3 Å². The highest BCUT2D eigenvalue weighted by Crippen LogP contribution is 2.36. The minimum absolute atomic E-state index is 0.231. The van der Waals surface area contributed by atoms with E-state index in [0.29, 0.717) is 0 Å². The van der Waals surface area contributed by atoms with E-state index in [1.807, 2.05) is 48.5 Å². The van der Waals surface area contributed by atoms with Crippen molar-refractivity contribution in [1.29, 1.82) is 0 Å². The van der Waals surface area contributed by atoms with E-state index >= 15 is 0 Å². The van der Waals surface area contributed by atoms with Gasteiger partial charge in [0.25, 0.3) is 0 Å². The van der Waals surface area contributed by atoms with Gasteiger partial charge in [-0.2, -0.15) is 0 Å². The molecule has 0 amide bonds. The van der Waals surface area contributed by atoms with E-state index in [1.54, 1.807) is 38.5 Å². The maximum atomic E-state index is 6.46. The van der Waals surface area contributed by atoms with Gasteiger partial charge in [0.2, 0.25) is 0 Å². The second-order valence-corrected chi connectivity index (χ2v) is 6.49. The SMILES string of the molecule is C=CC(OC)c1ccccc1C(C=C)OC(C=C)c1ccccc1C(C=C)OC. The first-order valence-corrected chi connectivity index (χ1v) is 9.54. The fourth-order valence-electron chi connectivity index (χ4n) is 3.43. The molecule has 0 aromatic heterocycles. The van der Waals surface area contributed by atoms with Crippen LogP contribution < -0.4 is 0 Å². The van der Waals surface area contributed by atoms with Crippen LogP contribution in [0.3, 0.4) is 0 Å². The first-order valence-electron chi connectivity index (χ1n) is 9.54. The van der Waals surface area contributed by atoms with Crippen LogP contribution in [-0.2, 0) is 14.2 Å². The van der Waals surface area contributed by atoms with E-state index in [2.05, 4.69) is 26.3 Å². The third-order valence-electron chi connectivity index (χ3n) is 4.88. The summed E-state index contributed by atoms with van der Waals surface area (Å²) in [7, 11) is 3.33. The predicted octanol–water partition coefficient (Wildman–Crippen LogP) is 6.60. The van der Waals surface area contributed by atoms with Crippen LogP contribution in [-0.4, -0.2) is 14.2 Å². The van der Waals surface area contributed by atoms with Gasteiger partial charge in [0, 0.05) is 14.2 Å². The van der Waals surface area contributed by atoms with E-state index in [4.69, 9.17) is 14.2 Å². The lowest BCUT2D eigenvalue weighted by Crippen LogP contribution is -2.13. The lowest BCUT2D eigenvalue weighted by molar-refractivity contribution is 0.0357. The molecule has 2 rings (SSSR count). The van der Waals surface area contributed by atoms with E-state index in [9.17, 15) is 0 Å². The third kappa shape index (κ3) is 5.21. The molecule has 0 aliphatic heterocycles. The number of rotatable bonds is 12. The summed E-state index contributed by atoms with van der Waals surface area (Å²) >= 11 is 0. The molecular weight excluding hydrogens is 360 g/mol. The van der Waals surface area contributed by atoms with Crippen molar-refractivity contribution < 1.29 is 14.2 Å². The molecule has 0 spiro atoms. The maximum absolute atomic E-state index is 6.46. The average molecular weight is 391 g/mol. The molecule has 0 saturated heterocycles. The van der Waals surface area contributed by atoms with Crippen molar-refractivity contribution in [3.05, 3.63) is 121 Å². The highest BCUT2D eigenvalue weighted by molar-refractivity contribution is 5.37. The summed E-state index contributed by atoms with van der Waals surface area (Å²) in [5.74, 6) is 0. The zero-order valence-electron chi connectivity index (χ0n) is 17.3. The zero-order chi connectivity index (χ0) is 21.2. The molecule has 0 N–H and O–H groups in total. The lowest BCUT2D eigenvalue weighted by atomic mass is 9.95. The summed E-state index contributed by atoms with van der Waals surface area (Å²) in [6, 6.07) is 16.0. The van der Waals surface area contributed by atoms with Crippen LogP contribution in [0.2, 0.25) is 0 Å². The molecule has 0 aliphatic rings. The van der Waals surface area contributed by atoms with Crippen LogP contribution in [0.25, 0.3) is 0 Å². The van der Waals surface area contributed by atoms with Crippen molar-refractivity contribution in [3.63, 3.8) is 0 Å². The van der Waals surface area contributed by atoms with Crippen LogP contribution in [0.1, 0.15) is 46.7 Å². The number of ether oxygens (including phenoxy) is 3. The number of hydrogen-bond acceptors (Lipinski definition) is 3. The Bertz CT molecular complexity index is 770. The molecule has 3 heteroatoms. The Balaban J connectivity index is 2.44. The highest BCUT2D eigenvalue weighted by atomic mass is 16.5. The summed E-state index contributed by atoms with van der Waals surface area (Å²) in [5, 5.41) is 0. The van der Waals surface area contributed by atoms with E-state index in [1.165, 1.54) is 0 Å². The van der Waals surface area contributed by atoms with E-state index in [0.717, 1.165) is 22.3 Å². The molecule has 0 heterocycles. The van der Waals surface area contributed by atoms with Gasteiger partial charge in [0.15, 0.2) is 0 Å². The second kappa shape index (κ2) is 11.3. The topological polar surface area (TPSA) is 27.7 Å². The van der Waals surface area contributed by atoms with Crippen molar-refractivity contribution in [2.45, 2.75) is 24.4 Å². The molecule has 2 aromatic carbocycles. The van der Waals surface area contributed by atoms with Gasteiger partial charge in [0.1, 0.15) is 24.4 Å². The minimum atomic E-state index is -0.357. The van der Waals surface area contributed by atoms with Crippen LogP contribution in [0.4, 0.5) is 0 Å². The number of hydrogen-bond donors (Lipinski definition) is 0. The molecule has 3 nitrogen and oxygen atoms in total. The summed E-state index contributed by atoms with van der Waals surface area (Å²) in [6.45, 7) is 15.7. The van der Waals surface area contributed by atoms with Crippen LogP contribution in [0.15, 0.2) is 99.2 Å². The van der Waals surface area contributed by atoms with E-state index < -0.39 is 0 Å². The molecule has 0 radical (unpaired) electrons. The first kappa shape index (κ1) is 22.6. The smallest absolute Gasteiger partial charge is 0.102 e. The molecule has 0 fully saturated rings. The maximum Gasteiger partial charge on any atom is 0.102 e. The van der Waals surface area contributed by atoms with Crippen molar-refractivity contribution >= 4 is 0 Å². The van der Waals surface area contributed by atoms with Gasteiger partial charge in [-0.1, -0.05) is 72.8 Å². The van der Waals surface area contributed by atoms with Gasteiger partial charge in [-0.25, -0.2) is 0 Å². The minimum Gasteiger partial charge on any atom is -0.373 e. The normalized spacial score (nSPS) is 15.0. The second-order valence-electron chi connectivity index (χ2n) is 6.49. The Morgan fingerprint density at radius 1 is 0.552 bits per heavy atom. The van der Waals surface area contributed by atoms with Crippen molar-refractivity contribution in [2.75, 3.05) is 14.2 Å². The predicted molar refractivity (Wildman–Crippen MR) is 120 cm³/mol. The molecule has 2 aromatic rings. The summed E-state index contributed by atoms with van der Waals surface area (Å²) < 4.78 is 17.6. The molecule has 4 unspecified atom stereocenters. The zero-order valence-corrected chi connectivity index (χ0v) is 17.3. The third-order valence-corrected chi connectivity index (χ3v) is 4.88. The molecular formula is C26H30O3. The Morgan fingerprint density at radius 2 is 0.828 bits per heavy atom. The molecule has 0 bridgehead atoms. The Morgan fingerprint density at radius 3 is 1.07 bits per heavy atom. The molecule has 29 heavy (non-hydrogen) atoms. The number of benzene rings is 2. The van der Waals surface area contributed by atoms with Crippen molar-refractivity contribution in [3.8, 4) is 0 Å². The Kier molecular flexibility index (Phi) is 8.81. The quantitative estimate of drug-likeness (QED) is 0.382. The standard InChI is InChI=1S/C26H30O3/c1-7-23(27-5)19-15-11-13-17-21(19)25(9-3)29-26(10-4)22-18-14-12-16-20(22)24(8-2)28-6/h7-18,23-26H,1-4H2,5-6H3. The molecule has 0 saturated carbocycles. The van der Waals surface area contributed by atoms with Crippen molar-refractivity contribution in [1.82, 2.24) is 0 Å². The van der Waals surface area contributed by atoms with Gasteiger partial charge < -0.3 is 14.2 Å². The number of methoxy groups -OCH3 is 2. The fraction of sp³-hybridized carbons (Fsp3) is 0.231. The molecule has 152 valence electrons. The van der Waals surface area contributed by atoms with Crippen LogP contribution in [0.5, 0.6) is 0 Å². The summed E-state index contributed by atoms with van der Waals surface area (Å²) in [6.07, 6.45) is 5.94. The Hall–Kier alpha value is -2.72. The van der Waals surface area contributed by atoms with Gasteiger partial charge in [-0.3, -0.25) is 0 Å². The lowest BCUT2D eigenvalue weighted by Gasteiger charge is -2.27.